The van der Waals surface area contributed by atoms with E-state index < -0.39 is 0 Å². The number of benzene rings is 1. The van der Waals surface area contributed by atoms with Crippen molar-refractivity contribution in [2.24, 2.45) is 0 Å². The van der Waals surface area contributed by atoms with Crippen LogP contribution in [0.5, 0.6) is 0 Å². The van der Waals surface area contributed by atoms with Gasteiger partial charge in [-0.1, -0.05) is 12.1 Å². The van der Waals surface area contributed by atoms with Crippen LogP contribution in [0, 0.1) is 5.82 Å². The van der Waals surface area contributed by atoms with Crippen LogP contribution in [0.1, 0.15) is 22.4 Å². The Kier molecular flexibility index (Phi) is 6.13. The molecule has 5 rings (SSSR count). The zero-order valence-electron chi connectivity index (χ0n) is 17.5. The van der Waals surface area contributed by atoms with E-state index in [-0.39, 0.29) is 11.4 Å². The van der Waals surface area contributed by atoms with Gasteiger partial charge in [-0.3, -0.25) is 14.3 Å². The van der Waals surface area contributed by atoms with E-state index in [1.807, 2.05) is 6.07 Å². The largest absolute Gasteiger partial charge is 0.379 e. The van der Waals surface area contributed by atoms with Crippen molar-refractivity contribution >= 4 is 21.6 Å². The molecule has 0 spiro atoms. The first-order chi connectivity index (χ1) is 15.2. The second-order valence-corrected chi connectivity index (χ2v) is 9.42. The van der Waals surface area contributed by atoms with Crippen LogP contribution >= 0.6 is 11.3 Å². The van der Waals surface area contributed by atoms with Gasteiger partial charge in [0.2, 0.25) is 0 Å². The lowest BCUT2D eigenvalue weighted by Gasteiger charge is -2.26. The molecule has 1 aliphatic heterocycles. The van der Waals surface area contributed by atoms with Gasteiger partial charge in [-0.15, -0.1) is 11.3 Å². The van der Waals surface area contributed by atoms with Gasteiger partial charge in [0.15, 0.2) is 0 Å². The fraction of sp³-hybridized carbons (Fsp3) is 0.478. The smallest absolute Gasteiger partial charge is 0.262 e. The van der Waals surface area contributed by atoms with E-state index in [2.05, 4.69) is 15.2 Å². The van der Waals surface area contributed by atoms with E-state index in [1.54, 1.807) is 34.4 Å². The van der Waals surface area contributed by atoms with Crippen LogP contribution < -0.4 is 10.9 Å². The predicted molar refractivity (Wildman–Crippen MR) is 120 cm³/mol. The molecule has 3 heterocycles. The van der Waals surface area contributed by atoms with E-state index in [4.69, 9.17) is 4.74 Å². The number of nitrogens with one attached hydrogen (secondary N) is 1. The number of aromatic nitrogens is 2. The monoisotopic (exact) mass is 442 g/mol. The Labute approximate surface area is 184 Å². The summed E-state index contributed by atoms with van der Waals surface area (Å²) in [6, 6.07) is 7.05. The van der Waals surface area contributed by atoms with Gasteiger partial charge in [-0.25, -0.2) is 9.37 Å². The molecule has 164 valence electrons. The quantitative estimate of drug-likeness (QED) is 0.636. The molecule has 1 N–H and O–H groups in total. The molecule has 3 aromatic rings. The molecular weight excluding hydrogens is 415 g/mol. The SMILES string of the molecule is O=c1c2c3c(sc2ncn1CCN1CCOCC1)CC(NCc1cccc(F)c1)CC3. The molecule has 8 heteroatoms. The molecule has 0 radical (unpaired) electrons. The van der Waals surface area contributed by atoms with Crippen molar-refractivity contribution in [1.82, 2.24) is 19.8 Å². The first kappa shape index (κ1) is 20.8. The summed E-state index contributed by atoms with van der Waals surface area (Å²) >= 11 is 1.65. The maximum Gasteiger partial charge on any atom is 0.262 e. The average Bonchev–Trinajstić information content (AvgIpc) is 3.16. The summed E-state index contributed by atoms with van der Waals surface area (Å²) < 4.78 is 20.6. The third-order valence-corrected chi connectivity index (χ3v) is 7.44. The van der Waals surface area contributed by atoms with Gasteiger partial charge in [0.25, 0.3) is 5.56 Å². The molecule has 2 aromatic heterocycles. The summed E-state index contributed by atoms with van der Waals surface area (Å²) in [6.07, 6.45) is 4.43. The Morgan fingerprint density at radius 1 is 1.26 bits per heavy atom. The number of hydrogen-bond acceptors (Lipinski definition) is 6. The topological polar surface area (TPSA) is 59.4 Å². The third-order valence-electron chi connectivity index (χ3n) is 6.28. The van der Waals surface area contributed by atoms with Crippen molar-refractivity contribution in [2.45, 2.75) is 38.4 Å². The van der Waals surface area contributed by atoms with Crippen molar-refractivity contribution in [3.63, 3.8) is 0 Å². The second kappa shape index (κ2) is 9.16. The van der Waals surface area contributed by atoms with E-state index in [1.165, 1.54) is 16.5 Å². The number of thiophene rings is 1. The van der Waals surface area contributed by atoms with Gasteiger partial charge in [-0.05, 0) is 42.5 Å². The van der Waals surface area contributed by atoms with Gasteiger partial charge in [0.05, 0.1) is 24.9 Å². The maximum atomic E-state index is 13.4. The lowest BCUT2D eigenvalue weighted by Crippen LogP contribution is -2.39. The molecule has 0 amide bonds. The third kappa shape index (κ3) is 4.57. The number of morpholine rings is 1. The standard InChI is InChI=1S/C23H27FN4O2S/c24-17-3-1-2-16(12-17)14-25-18-4-5-19-20(13-18)31-22-21(19)23(29)28(15-26-22)7-6-27-8-10-30-11-9-27/h1-3,12,15,18,25H,4-11,13-14H2. The summed E-state index contributed by atoms with van der Waals surface area (Å²) in [5.41, 5.74) is 2.22. The minimum atomic E-state index is -0.203. The first-order valence-electron chi connectivity index (χ1n) is 10.9. The normalized spacial score (nSPS) is 19.6. The molecule has 2 aliphatic rings. The average molecular weight is 443 g/mol. The Balaban J connectivity index is 1.28. The summed E-state index contributed by atoms with van der Waals surface area (Å²) in [4.78, 5) is 22.2. The zero-order valence-corrected chi connectivity index (χ0v) is 18.3. The Morgan fingerprint density at radius 2 is 2.13 bits per heavy atom. The molecule has 1 aromatic carbocycles. The van der Waals surface area contributed by atoms with Crippen molar-refractivity contribution in [3.8, 4) is 0 Å². The number of halogens is 1. The van der Waals surface area contributed by atoms with E-state index >= 15 is 0 Å². The lowest BCUT2D eigenvalue weighted by molar-refractivity contribution is 0.0362. The fourth-order valence-electron chi connectivity index (χ4n) is 4.52. The molecule has 1 aliphatic carbocycles. The Morgan fingerprint density at radius 3 is 2.97 bits per heavy atom. The van der Waals surface area contributed by atoms with Gasteiger partial charge in [0, 0.05) is 43.6 Å². The highest BCUT2D eigenvalue weighted by Crippen LogP contribution is 2.33. The molecular formula is C23H27FN4O2S. The van der Waals surface area contributed by atoms with Gasteiger partial charge in [-0.2, -0.15) is 0 Å². The first-order valence-corrected chi connectivity index (χ1v) is 11.8. The van der Waals surface area contributed by atoms with Crippen LogP contribution in [-0.2, 0) is 30.7 Å². The number of aryl methyl sites for hydroxylation is 1. The molecule has 1 unspecified atom stereocenters. The number of fused-ring (bicyclic) bond motifs is 3. The van der Waals surface area contributed by atoms with Crippen molar-refractivity contribution in [3.05, 3.63) is 62.8 Å². The van der Waals surface area contributed by atoms with Crippen molar-refractivity contribution in [2.75, 3.05) is 32.8 Å². The molecule has 1 atom stereocenters. The highest BCUT2D eigenvalue weighted by Gasteiger charge is 2.25. The summed E-state index contributed by atoms with van der Waals surface area (Å²) in [5.74, 6) is -0.203. The van der Waals surface area contributed by atoms with Crippen molar-refractivity contribution in [1.29, 1.82) is 0 Å². The van der Waals surface area contributed by atoms with E-state index in [0.717, 1.165) is 67.9 Å². The van der Waals surface area contributed by atoms with Gasteiger partial charge in [0.1, 0.15) is 10.6 Å². The number of nitrogens with zero attached hydrogens (tertiary/aromatic N) is 3. The summed E-state index contributed by atoms with van der Waals surface area (Å²) in [6.45, 7) is 5.51. The highest BCUT2D eigenvalue weighted by molar-refractivity contribution is 7.18. The molecule has 31 heavy (non-hydrogen) atoms. The predicted octanol–water partition coefficient (Wildman–Crippen LogP) is 2.58. The Bertz CT molecular complexity index is 1120. The second-order valence-electron chi connectivity index (χ2n) is 8.33. The van der Waals surface area contributed by atoms with Crippen LogP contribution in [0.2, 0.25) is 0 Å². The van der Waals surface area contributed by atoms with Gasteiger partial charge < -0.3 is 10.1 Å². The van der Waals surface area contributed by atoms with Crippen LogP contribution in [0.15, 0.2) is 35.4 Å². The van der Waals surface area contributed by atoms with E-state index in [0.29, 0.717) is 19.1 Å². The van der Waals surface area contributed by atoms with Crippen LogP contribution in [-0.4, -0.2) is 53.3 Å². The molecule has 1 fully saturated rings. The summed E-state index contributed by atoms with van der Waals surface area (Å²) in [7, 11) is 0. The molecule has 0 bridgehead atoms. The Hall–Kier alpha value is -2.13. The highest BCUT2D eigenvalue weighted by atomic mass is 32.1. The van der Waals surface area contributed by atoms with Crippen LogP contribution in [0.25, 0.3) is 10.2 Å². The number of rotatable bonds is 6. The van der Waals surface area contributed by atoms with Crippen LogP contribution in [0.3, 0.4) is 0 Å². The molecule has 6 nitrogen and oxygen atoms in total. The minimum Gasteiger partial charge on any atom is -0.379 e. The number of ether oxygens (including phenoxy) is 1. The fourth-order valence-corrected chi connectivity index (χ4v) is 5.78. The van der Waals surface area contributed by atoms with Crippen molar-refractivity contribution < 1.29 is 9.13 Å². The minimum absolute atomic E-state index is 0.0851. The maximum absolute atomic E-state index is 13.4. The lowest BCUT2D eigenvalue weighted by atomic mass is 9.93. The van der Waals surface area contributed by atoms with Crippen LogP contribution in [0.4, 0.5) is 4.39 Å². The number of hydrogen-bond donors (Lipinski definition) is 1. The van der Waals surface area contributed by atoms with E-state index in [9.17, 15) is 9.18 Å². The molecule has 0 saturated carbocycles. The zero-order chi connectivity index (χ0) is 21.2. The summed E-state index contributed by atoms with van der Waals surface area (Å²) in [5, 5.41) is 4.37. The van der Waals surface area contributed by atoms with Gasteiger partial charge >= 0.3 is 0 Å². The molecule has 1 saturated heterocycles.